The maximum atomic E-state index is 13.3. The van der Waals surface area contributed by atoms with E-state index in [2.05, 4.69) is 15.2 Å². The first-order valence-electron chi connectivity index (χ1n) is 5.88. The Hall–Kier alpha value is -1.56. The Morgan fingerprint density at radius 2 is 2.28 bits per heavy atom. The first-order valence-corrected chi connectivity index (χ1v) is 5.88. The molecule has 1 fully saturated rings. The minimum atomic E-state index is -1.25. The Bertz CT molecular complexity index is 449. The predicted octanol–water partition coefficient (Wildman–Crippen LogP) is 1.18. The summed E-state index contributed by atoms with van der Waals surface area (Å²) < 4.78 is 26.1. The molecule has 0 bridgehead atoms. The lowest BCUT2D eigenvalue weighted by Gasteiger charge is -2.15. The van der Waals surface area contributed by atoms with Crippen LogP contribution in [0, 0.1) is 11.8 Å². The molecule has 6 heteroatoms. The molecule has 0 saturated heterocycles. The molecule has 0 atom stereocenters. The number of rotatable bonds is 5. The molecule has 1 aromatic rings. The number of likely N-dealkylation sites (N-methyl/N-ethyl adjacent to an activating group) is 1. The summed E-state index contributed by atoms with van der Waals surface area (Å²) in [5.41, 5.74) is -0.309. The number of hydrogen-bond acceptors (Lipinski definition) is 3. The molecule has 0 unspecified atom stereocenters. The third-order valence-electron chi connectivity index (χ3n) is 3.01. The van der Waals surface area contributed by atoms with E-state index in [1.165, 1.54) is 18.9 Å². The van der Waals surface area contributed by atoms with Gasteiger partial charge in [0.05, 0.1) is 5.56 Å². The molecule has 1 aliphatic carbocycles. The minimum Gasteiger partial charge on any atom is -0.351 e. The Labute approximate surface area is 104 Å². The van der Waals surface area contributed by atoms with Crippen molar-refractivity contribution in [2.75, 3.05) is 20.1 Å². The van der Waals surface area contributed by atoms with E-state index in [1.807, 2.05) is 7.05 Å². The fourth-order valence-electron chi connectivity index (χ4n) is 1.73. The molecule has 98 valence electrons. The quantitative estimate of drug-likeness (QED) is 0.804. The van der Waals surface area contributed by atoms with E-state index in [0.717, 1.165) is 6.20 Å². The van der Waals surface area contributed by atoms with Crippen LogP contribution in [0.2, 0.25) is 0 Å². The number of aromatic nitrogens is 1. The SMILES string of the molecule is CN(CCNC(=O)c1ccnc(F)c1F)C1CC1. The van der Waals surface area contributed by atoms with E-state index < -0.39 is 17.7 Å². The highest BCUT2D eigenvalue weighted by atomic mass is 19.2. The van der Waals surface area contributed by atoms with E-state index in [-0.39, 0.29) is 5.56 Å². The molecule has 1 aromatic heterocycles. The van der Waals surface area contributed by atoms with Gasteiger partial charge in [-0.3, -0.25) is 4.79 Å². The van der Waals surface area contributed by atoms with Crippen LogP contribution in [0.25, 0.3) is 0 Å². The average Bonchev–Trinajstić information content (AvgIpc) is 3.16. The van der Waals surface area contributed by atoms with Crippen LogP contribution < -0.4 is 5.32 Å². The summed E-state index contributed by atoms with van der Waals surface area (Å²) >= 11 is 0. The van der Waals surface area contributed by atoms with Crippen molar-refractivity contribution in [2.45, 2.75) is 18.9 Å². The van der Waals surface area contributed by atoms with Crippen LogP contribution in [-0.2, 0) is 0 Å². The first kappa shape index (κ1) is 12.9. The monoisotopic (exact) mass is 255 g/mol. The Kier molecular flexibility index (Phi) is 3.86. The third-order valence-corrected chi connectivity index (χ3v) is 3.01. The lowest BCUT2D eigenvalue weighted by atomic mass is 10.2. The molecule has 18 heavy (non-hydrogen) atoms. The number of nitrogens with one attached hydrogen (secondary N) is 1. The van der Waals surface area contributed by atoms with Crippen LogP contribution >= 0.6 is 0 Å². The standard InChI is InChI=1S/C12H15F2N3O/c1-17(8-2-3-8)7-6-16-12(18)9-4-5-15-11(14)10(9)13/h4-5,8H,2-3,6-7H2,1H3,(H,16,18). The number of halogens is 2. The smallest absolute Gasteiger partial charge is 0.254 e. The van der Waals surface area contributed by atoms with Crippen molar-refractivity contribution in [1.82, 2.24) is 15.2 Å². The van der Waals surface area contributed by atoms with Crippen molar-refractivity contribution in [3.05, 3.63) is 29.6 Å². The summed E-state index contributed by atoms with van der Waals surface area (Å²) in [6, 6.07) is 1.77. The summed E-state index contributed by atoms with van der Waals surface area (Å²) in [5.74, 6) is -3.07. The van der Waals surface area contributed by atoms with Gasteiger partial charge in [-0.25, -0.2) is 9.37 Å². The molecule has 1 saturated carbocycles. The number of hydrogen-bond donors (Lipinski definition) is 1. The van der Waals surface area contributed by atoms with Crippen LogP contribution in [0.5, 0.6) is 0 Å². The topological polar surface area (TPSA) is 45.2 Å². The van der Waals surface area contributed by atoms with Gasteiger partial charge in [0.25, 0.3) is 5.91 Å². The van der Waals surface area contributed by atoms with Crippen LogP contribution in [0.4, 0.5) is 8.78 Å². The fraction of sp³-hybridized carbons (Fsp3) is 0.500. The van der Waals surface area contributed by atoms with E-state index in [1.54, 1.807) is 0 Å². The molecule has 2 rings (SSSR count). The summed E-state index contributed by atoms with van der Waals surface area (Å²) in [6.45, 7) is 1.11. The number of carbonyl (C=O) groups is 1. The van der Waals surface area contributed by atoms with Crippen LogP contribution in [-0.4, -0.2) is 42.0 Å². The summed E-state index contributed by atoms with van der Waals surface area (Å²) in [6.07, 6.45) is 3.45. The highest BCUT2D eigenvalue weighted by Gasteiger charge is 2.25. The Balaban J connectivity index is 1.85. The van der Waals surface area contributed by atoms with Crippen molar-refractivity contribution in [1.29, 1.82) is 0 Å². The van der Waals surface area contributed by atoms with Crippen molar-refractivity contribution in [3.63, 3.8) is 0 Å². The summed E-state index contributed by atoms with van der Waals surface area (Å²) in [7, 11) is 1.98. The highest BCUT2D eigenvalue weighted by molar-refractivity contribution is 5.94. The second kappa shape index (κ2) is 5.39. The van der Waals surface area contributed by atoms with Crippen LogP contribution in [0.3, 0.4) is 0 Å². The normalized spacial score (nSPS) is 14.9. The van der Waals surface area contributed by atoms with Gasteiger partial charge in [0, 0.05) is 25.3 Å². The Morgan fingerprint density at radius 1 is 1.56 bits per heavy atom. The largest absolute Gasteiger partial charge is 0.351 e. The molecule has 1 heterocycles. The van der Waals surface area contributed by atoms with E-state index in [9.17, 15) is 13.6 Å². The number of nitrogens with zero attached hydrogens (tertiary/aromatic N) is 2. The predicted molar refractivity (Wildman–Crippen MR) is 62.1 cm³/mol. The van der Waals surface area contributed by atoms with Gasteiger partial charge in [0.15, 0.2) is 5.82 Å². The molecule has 0 spiro atoms. The minimum absolute atomic E-state index is 0.309. The van der Waals surface area contributed by atoms with Crippen molar-refractivity contribution >= 4 is 5.91 Å². The number of pyridine rings is 1. The highest BCUT2D eigenvalue weighted by Crippen LogP contribution is 2.24. The molecule has 1 aliphatic rings. The van der Waals surface area contributed by atoms with Gasteiger partial charge < -0.3 is 10.2 Å². The zero-order valence-electron chi connectivity index (χ0n) is 10.1. The summed E-state index contributed by atoms with van der Waals surface area (Å²) in [4.78, 5) is 16.9. The molecular formula is C12H15F2N3O. The number of carbonyl (C=O) groups excluding carboxylic acids is 1. The maximum Gasteiger partial charge on any atom is 0.254 e. The van der Waals surface area contributed by atoms with Gasteiger partial charge in [-0.05, 0) is 26.0 Å². The number of amides is 1. The fourth-order valence-corrected chi connectivity index (χ4v) is 1.73. The third kappa shape index (κ3) is 3.01. The zero-order chi connectivity index (χ0) is 13.1. The molecular weight excluding hydrogens is 240 g/mol. The van der Waals surface area contributed by atoms with E-state index in [0.29, 0.717) is 19.1 Å². The van der Waals surface area contributed by atoms with Gasteiger partial charge >= 0.3 is 0 Å². The van der Waals surface area contributed by atoms with Crippen molar-refractivity contribution in [2.24, 2.45) is 0 Å². The molecule has 4 nitrogen and oxygen atoms in total. The molecule has 1 N–H and O–H groups in total. The molecule has 0 aromatic carbocycles. The lowest BCUT2D eigenvalue weighted by molar-refractivity contribution is 0.0944. The molecule has 0 aliphatic heterocycles. The zero-order valence-corrected chi connectivity index (χ0v) is 10.1. The van der Waals surface area contributed by atoms with Gasteiger partial charge in [-0.1, -0.05) is 0 Å². The molecule has 1 amide bonds. The summed E-state index contributed by atoms with van der Waals surface area (Å²) in [5, 5.41) is 2.57. The van der Waals surface area contributed by atoms with Crippen LogP contribution in [0.15, 0.2) is 12.3 Å². The van der Waals surface area contributed by atoms with E-state index >= 15 is 0 Å². The first-order chi connectivity index (χ1) is 8.59. The van der Waals surface area contributed by atoms with Gasteiger partial charge in [0.2, 0.25) is 5.95 Å². The van der Waals surface area contributed by atoms with Crippen molar-refractivity contribution in [3.8, 4) is 0 Å². The second-order valence-electron chi connectivity index (χ2n) is 4.43. The second-order valence-corrected chi connectivity index (χ2v) is 4.43. The van der Waals surface area contributed by atoms with Gasteiger partial charge in [0.1, 0.15) is 0 Å². The van der Waals surface area contributed by atoms with Gasteiger partial charge in [-0.15, -0.1) is 0 Å². The Morgan fingerprint density at radius 3 is 2.94 bits per heavy atom. The van der Waals surface area contributed by atoms with Gasteiger partial charge in [-0.2, -0.15) is 4.39 Å². The van der Waals surface area contributed by atoms with Crippen LogP contribution in [0.1, 0.15) is 23.2 Å². The maximum absolute atomic E-state index is 13.3. The van der Waals surface area contributed by atoms with Crippen molar-refractivity contribution < 1.29 is 13.6 Å². The average molecular weight is 255 g/mol. The lowest BCUT2D eigenvalue weighted by Crippen LogP contribution is -2.34. The van der Waals surface area contributed by atoms with E-state index in [4.69, 9.17) is 0 Å². The molecule has 0 radical (unpaired) electrons.